The number of halogens is 1. The molecule has 0 fully saturated rings. The summed E-state index contributed by atoms with van der Waals surface area (Å²) in [5.41, 5.74) is 1.80. The molecule has 27 heavy (non-hydrogen) atoms. The van der Waals surface area contributed by atoms with Crippen LogP contribution in [0.5, 0.6) is 17.2 Å². The minimum absolute atomic E-state index is 0.265. The Morgan fingerprint density at radius 1 is 1.04 bits per heavy atom. The second-order valence-electron chi connectivity index (χ2n) is 5.80. The molecule has 1 aliphatic heterocycles. The Morgan fingerprint density at radius 3 is 2.22 bits per heavy atom. The molecule has 2 aromatic carbocycles. The van der Waals surface area contributed by atoms with Crippen molar-refractivity contribution in [3.63, 3.8) is 0 Å². The topological polar surface area (TPSA) is 69.2 Å². The SMILES string of the molecule is COc1cc(/C=C2/N=C(Cc3ccc(F)cc3)NC2=O)cc(OC)c1OC. The van der Waals surface area contributed by atoms with E-state index in [2.05, 4.69) is 10.3 Å². The number of nitrogens with one attached hydrogen (secondary N) is 1. The Bertz CT molecular complexity index is 895. The second kappa shape index (κ2) is 7.90. The van der Waals surface area contributed by atoms with Gasteiger partial charge in [-0.2, -0.15) is 0 Å². The third-order valence-corrected chi connectivity index (χ3v) is 4.02. The van der Waals surface area contributed by atoms with E-state index in [1.807, 2.05) is 0 Å². The Kier molecular flexibility index (Phi) is 5.40. The number of carbonyl (C=O) groups is 1. The van der Waals surface area contributed by atoms with E-state index in [0.717, 1.165) is 5.56 Å². The summed E-state index contributed by atoms with van der Waals surface area (Å²) < 4.78 is 28.9. The van der Waals surface area contributed by atoms with Crippen LogP contribution in [0.15, 0.2) is 47.1 Å². The number of aliphatic imine (C=N–C) groups is 1. The lowest BCUT2D eigenvalue weighted by Crippen LogP contribution is -2.25. The number of hydrogen-bond acceptors (Lipinski definition) is 5. The predicted molar refractivity (Wildman–Crippen MR) is 99.8 cm³/mol. The molecule has 1 amide bonds. The smallest absolute Gasteiger partial charge is 0.275 e. The van der Waals surface area contributed by atoms with E-state index in [9.17, 15) is 9.18 Å². The molecule has 0 spiro atoms. The lowest BCUT2D eigenvalue weighted by Gasteiger charge is -2.12. The molecular weight excluding hydrogens is 351 g/mol. The number of amides is 1. The van der Waals surface area contributed by atoms with Crippen molar-refractivity contribution < 1.29 is 23.4 Å². The summed E-state index contributed by atoms with van der Waals surface area (Å²) in [4.78, 5) is 16.6. The summed E-state index contributed by atoms with van der Waals surface area (Å²) in [6, 6.07) is 9.53. The third-order valence-electron chi connectivity index (χ3n) is 4.02. The fourth-order valence-corrected chi connectivity index (χ4v) is 2.74. The van der Waals surface area contributed by atoms with E-state index in [0.29, 0.717) is 35.1 Å². The molecule has 7 heteroatoms. The monoisotopic (exact) mass is 370 g/mol. The number of rotatable bonds is 6. The van der Waals surface area contributed by atoms with Gasteiger partial charge in [0.15, 0.2) is 11.5 Å². The van der Waals surface area contributed by atoms with E-state index >= 15 is 0 Å². The van der Waals surface area contributed by atoms with Gasteiger partial charge in [-0.25, -0.2) is 9.38 Å². The molecule has 1 N–H and O–H groups in total. The van der Waals surface area contributed by atoms with Crippen LogP contribution in [0.25, 0.3) is 6.08 Å². The Hall–Kier alpha value is -3.35. The van der Waals surface area contributed by atoms with Gasteiger partial charge in [-0.3, -0.25) is 4.79 Å². The van der Waals surface area contributed by atoms with Crippen LogP contribution in [0, 0.1) is 5.82 Å². The van der Waals surface area contributed by atoms with Crippen LogP contribution in [0.2, 0.25) is 0 Å². The first-order valence-corrected chi connectivity index (χ1v) is 8.19. The van der Waals surface area contributed by atoms with Gasteiger partial charge in [-0.05, 0) is 41.5 Å². The van der Waals surface area contributed by atoms with Crippen LogP contribution in [-0.2, 0) is 11.2 Å². The van der Waals surface area contributed by atoms with Crippen LogP contribution in [0.4, 0.5) is 4.39 Å². The lowest BCUT2D eigenvalue weighted by molar-refractivity contribution is -0.115. The van der Waals surface area contributed by atoms with Crippen molar-refractivity contribution in [3.8, 4) is 17.2 Å². The minimum atomic E-state index is -0.306. The first-order valence-electron chi connectivity index (χ1n) is 8.19. The first kappa shape index (κ1) is 18.4. The van der Waals surface area contributed by atoms with Gasteiger partial charge in [0, 0.05) is 6.42 Å². The van der Waals surface area contributed by atoms with E-state index in [-0.39, 0.29) is 17.4 Å². The standard InChI is InChI=1S/C20H19FN2O4/c1-25-16-9-13(10-17(26-2)19(16)27-3)8-15-20(24)23-18(22-15)11-12-4-6-14(21)7-5-12/h4-10H,11H2,1-3H3,(H,22,23,24)/b15-8+. The molecule has 140 valence electrons. The summed E-state index contributed by atoms with van der Waals surface area (Å²) in [6.07, 6.45) is 2.04. The summed E-state index contributed by atoms with van der Waals surface area (Å²) in [6.45, 7) is 0. The fraction of sp³-hybridized carbons (Fsp3) is 0.200. The van der Waals surface area contributed by atoms with Crippen molar-refractivity contribution in [2.45, 2.75) is 6.42 Å². The molecule has 2 aromatic rings. The number of nitrogens with zero attached hydrogens (tertiary/aromatic N) is 1. The van der Waals surface area contributed by atoms with Crippen molar-refractivity contribution in [1.82, 2.24) is 5.32 Å². The van der Waals surface area contributed by atoms with E-state index < -0.39 is 0 Å². The highest BCUT2D eigenvalue weighted by Gasteiger charge is 2.21. The number of methoxy groups -OCH3 is 3. The molecule has 0 radical (unpaired) electrons. The number of carbonyl (C=O) groups excluding carboxylic acids is 1. The molecule has 0 aliphatic carbocycles. The van der Waals surface area contributed by atoms with Crippen molar-refractivity contribution in [2.75, 3.05) is 21.3 Å². The van der Waals surface area contributed by atoms with Crippen LogP contribution < -0.4 is 19.5 Å². The molecule has 1 aliphatic rings. The zero-order valence-electron chi connectivity index (χ0n) is 15.2. The van der Waals surface area contributed by atoms with Crippen molar-refractivity contribution in [2.24, 2.45) is 4.99 Å². The second-order valence-corrected chi connectivity index (χ2v) is 5.80. The maximum absolute atomic E-state index is 13.0. The molecule has 0 saturated heterocycles. The van der Waals surface area contributed by atoms with Gasteiger partial charge >= 0.3 is 0 Å². The fourth-order valence-electron chi connectivity index (χ4n) is 2.74. The predicted octanol–water partition coefficient (Wildman–Crippen LogP) is 2.96. The van der Waals surface area contributed by atoms with Gasteiger partial charge in [-0.15, -0.1) is 0 Å². The van der Waals surface area contributed by atoms with Crippen LogP contribution in [-0.4, -0.2) is 33.1 Å². The molecule has 0 saturated carbocycles. The third kappa shape index (κ3) is 4.08. The molecular formula is C20H19FN2O4. The highest BCUT2D eigenvalue weighted by Crippen LogP contribution is 2.38. The molecule has 1 heterocycles. The zero-order valence-corrected chi connectivity index (χ0v) is 15.2. The average Bonchev–Trinajstić information content (AvgIpc) is 3.01. The van der Waals surface area contributed by atoms with Gasteiger partial charge in [0.2, 0.25) is 5.75 Å². The van der Waals surface area contributed by atoms with Gasteiger partial charge in [0.1, 0.15) is 17.3 Å². The first-order chi connectivity index (χ1) is 13.0. The molecule has 0 unspecified atom stereocenters. The minimum Gasteiger partial charge on any atom is -0.493 e. The Labute approximate surface area is 156 Å². The largest absolute Gasteiger partial charge is 0.493 e. The molecule has 0 aromatic heterocycles. The number of hydrogen-bond donors (Lipinski definition) is 1. The van der Waals surface area contributed by atoms with Crippen molar-refractivity contribution >= 4 is 17.8 Å². The highest BCUT2D eigenvalue weighted by molar-refractivity contribution is 6.14. The van der Waals surface area contributed by atoms with Gasteiger partial charge in [0.05, 0.1) is 21.3 Å². The Balaban J connectivity index is 1.88. The molecule has 0 atom stereocenters. The van der Waals surface area contributed by atoms with E-state index in [1.54, 1.807) is 30.3 Å². The summed E-state index contributed by atoms with van der Waals surface area (Å²) in [7, 11) is 4.57. The molecule has 0 bridgehead atoms. The van der Waals surface area contributed by atoms with Crippen molar-refractivity contribution in [1.29, 1.82) is 0 Å². The van der Waals surface area contributed by atoms with Crippen molar-refractivity contribution in [3.05, 3.63) is 59.0 Å². The number of amidine groups is 1. The zero-order chi connectivity index (χ0) is 19.4. The summed E-state index contributed by atoms with van der Waals surface area (Å²) in [5.74, 6) is 1.33. The van der Waals surface area contributed by atoms with Gasteiger partial charge in [0.25, 0.3) is 5.91 Å². The Morgan fingerprint density at radius 2 is 1.67 bits per heavy atom. The van der Waals surface area contributed by atoms with E-state index in [1.165, 1.54) is 33.5 Å². The molecule has 6 nitrogen and oxygen atoms in total. The number of benzene rings is 2. The van der Waals surface area contributed by atoms with Crippen LogP contribution in [0.1, 0.15) is 11.1 Å². The highest BCUT2D eigenvalue weighted by atomic mass is 19.1. The van der Waals surface area contributed by atoms with Crippen LogP contribution in [0.3, 0.4) is 0 Å². The normalized spacial score (nSPS) is 14.7. The van der Waals surface area contributed by atoms with E-state index in [4.69, 9.17) is 14.2 Å². The van der Waals surface area contributed by atoms with Gasteiger partial charge < -0.3 is 19.5 Å². The summed E-state index contributed by atoms with van der Waals surface area (Å²) >= 11 is 0. The van der Waals surface area contributed by atoms with Gasteiger partial charge in [-0.1, -0.05) is 12.1 Å². The molecule has 3 rings (SSSR count). The quantitative estimate of drug-likeness (QED) is 0.794. The van der Waals surface area contributed by atoms with Crippen LogP contribution >= 0.6 is 0 Å². The maximum Gasteiger partial charge on any atom is 0.275 e. The average molecular weight is 370 g/mol. The number of ether oxygens (including phenoxy) is 3. The maximum atomic E-state index is 13.0. The summed E-state index contributed by atoms with van der Waals surface area (Å²) in [5, 5.41) is 2.73. The lowest BCUT2D eigenvalue weighted by atomic mass is 10.1.